The number of halogens is 1. The first kappa shape index (κ1) is 12.6. The van der Waals surface area contributed by atoms with E-state index in [2.05, 4.69) is 10.1 Å². The van der Waals surface area contributed by atoms with Gasteiger partial charge in [0.1, 0.15) is 5.82 Å². The Kier molecular flexibility index (Phi) is 3.52. The lowest BCUT2D eigenvalue weighted by Crippen LogP contribution is -2.26. The van der Waals surface area contributed by atoms with Crippen LogP contribution >= 0.6 is 11.8 Å². The average Bonchev–Trinajstić information content (AvgIpc) is 3.01. The topological polar surface area (TPSA) is 64.9 Å². The molecule has 2 unspecified atom stereocenters. The fraction of sp³-hybridized carbons (Fsp3) is 0.385. The molecule has 0 amide bonds. The monoisotopic (exact) mass is 279 g/mol. The molecule has 6 heteroatoms. The highest BCUT2D eigenvalue weighted by Crippen LogP contribution is 2.30. The fourth-order valence-electron chi connectivity index (χ4n) is 2.13. The highest BCUT2D eigenvalue weighted by Gasteiger charge is 2.30. The molecule has 1 aromatic heterocycles. The van der Waals surface area contributed by atoms with Crippen molar-refractivity contribution in [3.05, 3.63) is 47.4 Å². The third-order valence-corrected chi connectivity index (χ3v) is 4.45. The second kappa shape index (κ2) is 5.30. The molecule has 1 saturated heterocycles. The Balaban J connectivity index is 1.77. The van der Waals surface area contributed by atoms with Crippen molar-refractivity contribution in [2.75, 3.05) is 11.5 Å². The van der Waals surface area contributed by atoms with E-state index in [1.54, 1.807) is 30.0 Å². The van der Waals surface area contributed by atoms with E-state index in [-0.39, 0.29) is 17.8 Å². The maximum atomic E-state index is 13.5. The van der Waals surface area contributed by atoms with Crippen LogP contribution in [0.1, 0.15) is 23.2 Å². The SMILES string of the molecule is NC1CSCC1c1nc(Cc2ccccc2F)no1. The van der Waals surface area contributed by atoms with Gasteiger partial charge in [-0.15, -0.1) is 0 Å². The van der Waals surface area contributed by atoms with Crippen molar-refractivity contribution in [2.45, 2.75) is 18.4 Å². The molecular weight excluding hydrogens is 265 g/mol. The van der Waals surface area contributed by atoms with Crippen LogP contribution in [0.3, 0.4) is 0 Å². The molecule has 0 radical (unpaired) electrons. The van der Waals surface area contributed by atoms with Gasteiger partial charge < -0.3 is 10.3 Å². The third-order valence-electron chi connectivity index (χ3n) is 3.23. The van der Waals surface area contributed by atoms with Crippen molar-refractivity contribution in [3.63, 3.8) is 0 Å². The predicted molar refractivity (Wildman–Crippen MR) is 71.5 cm³/mol. The van der Waals surface area contributed by atoms with E-state index in [9.17, 15) is 4.39 Å². The minimum absolute atomic E-state index is 0.0618. The first-order chi connectivity index (χ1) is 9.24. The van der Waals surface area contributed by atoms with Crippen molar-refractivity contribution in [2.24, 2.45) is 5.73 Å². The summed E-state index contributed by atoms with van der Waals surface area (Å²) < 4.78 is 18.8. The first-order valence-corrected chi connectivity index (χ1v) is 7.28. The van der Waals surface area contributed by atoms with Crippen molar-refractivity contribution in [3.8, 4) is 0 Å². The molecule has 100 valence electrons. The van der Waals surface area contributed by atoms with Crippen LogP contribution in [0.15, 0.2) is 28.8 Å². The Bertz CT molecular complexity index is 575. The molecule has 19 heavy (non-hydrogen) atoms. The highest BCUT2D eigenvalue weighted by atomic mass is 32.2. The molecule has 1 aliphatic rings. The van der Waals surface area contributed by atoms with E-state index < -0.39 is 0 Å². The lowest BCUT2D eigenvalue weighted by Gasteiger charge is -2.07. The van der Waals surface area contributed by atoms with Gasteiger partial charge in [0.25, 0.3) is 0 Å². The third kappa shape index (κ3) is 2.64. The maximum Gasteiger partial charge on any atom is 0.232 e. The second-order valence-corrected chi connectivity index (χ2v) is 5.70. The fourth-order valence-corrected chi connectivity index (χ4v) is 3.41. The minimum atomic E-state index is -0.248. The highest BCUT2D eigenvalue weighted by molar-refractivity contribution is 7.99. The summed E-state index contributed by atoms with van der Waals surface area (Å²) in [6, 6.07) is 6.67. The zero-order valence-electron chi connectivity index (χ0n) is 10.3. The Labute approximate surface area is 114 Å². The van der Waals surface area contributed by atoms with Crippen LogP contribution in [0, 0.1) is 5.82 Å². The summed E-state index contributed by atoms with van der Waals surface area (Å²) in [5.74, 6) is 2.76. The Morgan fingerprint density at radius 1 is 1.37 bits per heavy atom. The summed E-state index contributed by atoms with van der Waals surface area (Å²) in [5.41, 5.74) is 6.56. The summed E-state index contributed by atoms with van der Waals surface area (Å²) >= 11 is 1.79. The zero-order chi connectivity index (χ0) is 13.2. The van der Waals surface area contributed by atoms with Gasteiger partial charge in [0, 0.05) is 24.0 Å². The molecule has 1 aromatic carbocycles. The number of hydrogen-bond donors (Lipinski definition) is 1. The van der Waals surface area contributed by atoms with Crippen LogP contribution in [0.5, 0.6) is 0 Å². The number of hydrogen-bond acceptors (Lipinski definition) is 5. The van der Waals surface area contributed by atoms with Gasteiger partial charge >= 0.3 is 0 Å². The normalized spacial score (nSPS) is 22.8. The van der Waals surface area contributed by atoms with E-state index in [4.69, 9.17) is 10.3 Å². The van der Waals surface area contributed by atoms with E-state index in [0.717, 1.165) is 11.5 Å². The summed E-state index contributed by atoms with van der Waals surface area (Å²) in [6.45, 7) is 0. The molecule has 2 N–H and O–H groups in total. The smallest absolute Gasteiger partial charge is 0.232 e. The molecular formula is C13H14FN3OS. The van der Waals surface area contributed by atoms with Gasteiger partial charge in [0.05, 0.1) is 5.92 Å². The van der Waals surface area contributed by atoms with Gasteiger partial charge in [-0.1, -0.05) is 23.4 Å². The maximum absolute atomic E-state index is 13.5. The molecule has 2 heterocycles. The summed E-state index contributed by atoms with van der Waals surface area (Å²) in [7, 11) is 0. The first-order valence-electron chi connectivity index (χ1n) is 6.13. The summed E-state index contributed by atoms with van der Waals surface area (Å²) in [6.07, 6.45) is 0.339. The number of nitrogens with zero attached hydrogens (tertiary/aromatic N) is 2. The lowest BCUT2D eigenvalue weighted by atomic mass is 10.1. The van der Waals surface area contributed by atoms with Crippen molar-refractivity contribution in [1.82, 2.24) is 10.1 Å². The zero-order valence-corrected chi connectivity index (χ0v) is 11.1. The van der Waals surface area contributed by atoms with Gasteiger partial charge in [-0.3, -0.25) is 0 Å². The van der Waals surface area contributed by atoms with Crippen molar-refractivity contribution in [1.29, 1.82) is 0 Å². The Hall–Kier alpha value is -1.40. The van der Waals surface area contributed by atoms with Crippen LogP contribution in [0.2, 0.25) is 0 Å². The number of thioether (sulfide) groups is 1. The van der Waals surface area contributed by atoms with E-state index >= 15 is 0 Å². The van der Waals surface area contributed by atoms with Gasteiger partial charge in [0.2, 0.25) is 5.89 Å². The standard InChI is InChI=1S/C13H14FN3OS/c14-10-4-2-1-3-8(10)5-12-16-13(18-17-12)9-6-19-7-11(9)15/h1-4,9,11H,5-7,15H2. The van der Waals surface area contributed by atoms with Crippen molar-refractivity contribution < 1.29 is 8.91 Å². The average molecular weight is 279 g/mol. The van der Waals surface area contributed by atoms with E-state index in [1.807, 2.05) is 0 Å². The summed E-state index contributed by atoms with van der Waals surface area (Å²) in [4.78, 5) is 4.34. The van der Waals surface area contributed by atoms with Gasteiger partial charge in [-0.05, 0) is 11.6 Å². The molecule has 4 nitrogen and oxygen atoms in total. The van der Waals surface area contributed by atoms with E-state index in [1.165, 1.54) is 6.07 Å². The predicted octanol–water partition coefficient (Wildman–Crippen LogP) is 1.96. The molecule has 0 aliphatic carbocycles. The molecule has 2 atom stereocenters. The number of benzene rings is 1. The molecule has 1 aliphatic heterocycles. The molecule has 0 saturated carbocycles. The Morgan fingerprint density at radius 3 is 2.95 bits per heavy atom. The number of nitrogens with two attached hydrogens (primary N) is 1. The second-order valence-electron chi connectivity index (χ2n) is 4.62. The van der Waals surface area contributed by atoms with Crippen LogP contribution in [-0.4, -0.2) is 27.7 Å². The number of aromatic nitrogens is 2. The Morgan fingerprint density at radius 2 is 2.21 bits per heavy atom. The van der Waals surface area contributed by atoms with Crippen LogP contribution in [-0.2, 0) is 6.42 Å². The van der Waals surface area contributed by atoms with Gasteiger partial charge in [-0.2, -0.15) is 16.7 Å². The largest absolute Gasteiger partial charge is 0.339 e. The van der Waals surface area contributed by atoms with Crippen molar-refractivity contribution >= 4 is 11.8 Å². The molecule has 0 spiro atoms. The number of rotatable bonds is 3. The lowest BCUT2D eigenvalue weighted by molar-refractivity contribution is 0.349. The molecule has 3 rings (SSSR count). The van der Waals surface area contributed by atoms with Crippen LogP contribution in [0.4, 0.5) is 4.39 Å². The van der Waals surface area contributed by atoms with Gasteiger partial charge in [-0.25, -0.2) is 4.39 Å². The van der Waals surface area contributed by atoms with Gasteiger partial charge in [0.15, 0.2) is 5.82 Å². The molecule has 1 fully saturated rings. The van der Waals surface area contributed by atoms with E-state index in [0.29, 0.717) is 23.7 Å². The summed E-state index contributed by atoms with van der Waals surface area (Å²) in [5, 5.41) is 3.91. The molecule has 2 aromatic rings. The van der Waals surface area contributed by atoms with Crippen LogP contribution in [0.25, 0.3) is 0 Å². The van der Waals surface area contributed by atoms with Crippen LogP contribution < -0.4 is 5.73 Å². The quantitative estimate of drug-likeness (QED) is 0.930. The molecule has 0 bridgehead atoms. The minimum Gasteiger partial charge on any atom is -0.339 e.